The van der Waals surface area contributed by atoms with E-state index in [1.165, 1.54) is 31.2 Å². The van der Waals surface area contributed by atoms with Gasteiger partial charge in [0.25, 0.3) is 25.8 Å². The Kier molecular flexibility index (Phi) is 10.0. The Morgan fingerprint density at radius 3 is 2.13 bits per heavy atom. The number of aryl methyl sites for hydroxylation is 2. The zero-order chi connectivity index (χ0) is 40.2. The van der Waals surface area contributed by atoms with E-state index in [2.05, 4.69) is 10.3 Å². The first-order valence-corrected chi connectivity index (χ1v) is 20.7. The molecule has 286 valence electrons. The molecule has 0 radical (unpaired) electrons. The number of aromatic nitrogens is 1. The predicted molar refractivity (Wildman–Crippen MR) is 197 cm³/mol. The van der Waals surface area contributed by atoms with Crippen LogP contribution in [0.3, 0.4) is 0 Å². The lowest BCUT2D eigenvalue weighted by atomic mass is 9.81. The van der Waals surface area contributed by atoms with Gasteiger partial charge in [-0.05, 0) is 55.2 Å². The van der Waals surface area contributed by atoms with Crippen LogP contribution in [0.1, 0.15) is 55.8 Å². The van der Waals surface area contributed by atoms with Crippen molar-refractivity contribution < 1.29 is 58.6 Å². The Labute approximate surface area is 313 Å². The van der Waals surface area contributed by atoms with Crippen LogP contribution in [0.4, 0.5) is 11.4 Å². The number of carbonyl (C=O) groups is 3. The minimum Gasteiger partial charge on any atom is -0.481 e. The van der Waals surface area contributed by atoms with E-state index in [9.17, 15) is 53.5 Å². The third kappa shape index (κ3) is 7.51. The normalized spacial score (nSPS) is 12.7. The van der Waals surface area contributed by atoms with Crippen LogP contribution in [0.2, 0.25) is 0 Å². The summed E-state index contributed by atoms with van der Waals surface area (Å²) in [6.45, 7) is 2.79. The highest BCUT2D eigenvalue weighted by molar-refractivity contribution is 7.91. The van der Waals surface area contributed by atoms with Crippen molar-refractivity contribution in [1.82, 2.24) is 4.98 Å². The number of fused-ring (bicyclic) bond motifs is 2. The lowest BCUT2D eigenvalue weighted by molar-refractivity contribution is -0.137. The molecule has 4 aromatic carbocycles. The van der Waals surface area contributed by atoms with Crippen LogP contribution in [-0.2, 0) is 46.2 Å². The molecule has 0 unspecified atom stereocenters. The summed E-state index contributed by atoms with van der Waals surface area (Å²) in [5.74, 6) is -3.89. The van der Waals surface area contributed by atoms with Crippen molar-refractivity contribution in [1.29, 1.82) is 0 Å². The standard InChI is InChI=1S/C36H30N2O14S3/c1-18-7-5-8-20(13-18)17-52-36(43)31-28-22-9-3-4-10-23(22)34(41)29-24(16-26(55(49,50)51)33(30(28)29)38-35(31)42)37-32-19(2)14-21(15-25(32)54(46,47)48)53(44,45)12-6-11-27(39)40/h3-5,7-10,13-16,37H,6,11-12,17H2,1-2H3,(H,38,42)(H,39,40)(H,46,47,48)(H,49,50,51). The van der Waals surface area contributed by atoms with Gasteiger partial charge in [-0.2, -0.15) is 16.8 Å². The molecule has 19 heteroatoms. The van der Waals surface area contributed by atoms with E-state index in [0.717, 1.165) is 17.7 Å². The van der Waals surface area contributed by atoms with Gasteiger partial charge in [-0.1, -0.05) is 54.1 Å². The molecule has 0 aliphatic heterocycles. The molecule has 1 aromatic heterocycles. The zero-order valence-electron chi connectivity index (χ0n) is 28.7. The Bertz CT molecular complexity index is 2900. The molecule has 0 spiro atoms. The molecule has 1 aliphatic carbocycles. The van der Waals surface area contributed by atoms with Gasteiger partial charge in [0.15, 0.2) is 15.6 Å². The number of benzene rings is 4. The smallest absolute Gasteiger partial charge is 0.344 e. The molecule has 0 bridgehead atoms. The minimum atomic E-state index is -5.29. The predicted octanol–water partition coefficient (Wildman–Crippen LogP) is 4.59. The first kappa shape index (κ1) is 39.0. The summed E-state index contributed by atoms with van der Waals surface area (Å²) in [6, 6.07) is 15.1. The maximum absolute atomic E-state index is 14.3. The number of ketones is 1. The summed E-state index contributed by atoms with van der Waals surface area (Å²) in [5.41, 5.74) is -2.69. The number of anilines is 2. The van der Waals surface area contributed by atoms with Gasteiger partial charge in [0, 0.05) is 22.9 Å². The number of carbonyl (C=O) groups excluding carboxylic acids is 2. The molecule has 0 atom stereocenters. The fraction of sp³-hybridized carbons (Fsp3) is 0.167. The molecule has 1 aliphatic rings. The molecular formula is C36H30N2O14S3. The van der Waals surface area contributed by atoms with E-state index >= 15 is 0 Å². The summed E-state index contributed by atoms with van der Waals surface area (Å²) in [6.07, 6.45) is -0.813. The summed E-state index contributed by atoms with van der Waals surface area (Å²) < 4.78 is 104. The maximum Gasteiger partial charge on any atom is 0.344 e. The van der Waals surface area contributed by atoms with Crippen molar-refractivity contribution in [3.8, 4) is 11.1 Å². The lowest BCUT2D eigenvalue weighted by Crippen LogP contribution is -2.26. The Morgan fingerprint density at radius 1 is 0.818 bits per heavy atom. The lowest BCUT2D eigenvalue weighted by Gasteiger charge is -2.25. The Balaban J connectivity index is 1.62. The largest absolute Gasteiger partial charge is 0.481 e. The number of esters is 1. The van der Waals surface area contributed by atoms with Crippen LogP contribution in [0.5, 0.6) is 0 Å². The average molecular weight is 811 g/mol. The topological polar surface area (TPSA) is 268 Å². The van der Waals surface area contributed by atoms with E-state index in [1.54, 1.807) is 18.2 Å². The molecule has 0 saturated heterocycles. The summed E-state index contributed by atoms with van der Waals surface area (Å²) >= 11 is 0. The number of rotatable bonds is 12. The van der Waals surface area contributed by atoms with Gasteiger partial charge in [-0.3, -0.25) is 23.5 Å². The minimum absolute atomic E-state index is 0.0318. The molecule has 0 fully saturated rings. The molecule has 5 aromatic rings. The van der Waals surface area contributed by atoms with Crippen LogP contribution in [-0.4, -0.2) is 67.9 Å². The maximum atomic E-state index is 14.3. The van der Waals surface area contributed by atoms with E-state index in [1.807, 2.05) is 13.0 Å². The first-order valence-electron chi connectivity index (χ1n) is 16.1. The number of sulfone groups is 1. The van der Waals surface area contributed by atoms with Crippen LogP contribution < -0.4 is 10.9 Å². The van der Waals surface area contributed by atoms with Crippen LogP contribution in [0, 0.1) is 13.8 Å². The van der Waals surface area contributed by atoms with Crippen molar-refractivity contribution >= 4 is 70.1 Å². The molecular weight excluding hydrogens is 781 g/mol. The van der Waals surface area contributed by atoms with Crippen molar-refractivity contribution in [2.24, 2.45) is 0 Å². The number of aromatic amines is 1. The van der Waals surface area contributed by atoms with Crippen molar-refractivity contribution in [2.45, 2.75) is 48.0 Å². The molecule has 6 rings (SSSR count). The van der Waals surface area contributed by atoms with E-state index in [0.29, 0.717) is 11.6 Å². The Morgan fingerprint density at radius 2 is 1.49 bits per heavy atom. The fourth-order valence-corrected chi connectivity index (χ4v) is 9.35. The van der Waals surface area contributed by atoms with Gasteiger partial charge in [-0.25, -0.2) is 13.2 Å². The molecule has 55 heavy (non-hydrogen) atoms. The van der Waals surface area contributed by atoms with Crippen molar-refractivity contribution in [3.05, 3.63) is 110 Å². The summed E-state index contributed by atoms with van der Waals surface area (Å²) in [7, 11) is -14.9. The number of carboxylic acid groups (broad SMARTS) is 1. The quantitative estimate of drug-likeness (QED) is 0.0836. The SMILES string of the molecule is Cc1cccc(COC(=O)c2c3c4c(c(Nc5c(C)cc(S(=O)(=O)CCCC(=O)O)cc5S(=O)(=O)O)cc(S(=O)(=O)O)c4[nH]c2=O)C(=O)c2ccccc2-3)c1. The third-order valence-electron chi connectivity index (χ3n) is 8.83. The van der Waals surface area contributed by atoms with Crippen LogP contribution in [0.15, 0.2) is 86.2 Å². The number of hydrogen-bond acceptors (Lipinski definition) is 12. The van der Waals surface area contributed by atoms with Gasteiger partial charge in [0.2, 0.25) is 0 Å². The van der Waals surface area contributed by atoms with Crippen LogP contribution in [0.25, 0.3) is 22.0 Å². The number of nitrogens with one attached hydrogen (secondary N) is 2. The van der Waals surface area contributed by atoms with Crippen molar-refractivity contribution in [2.75, 3.05) is 11.1 Å². The van der Waals surface area contributed by atoms with Gasteiger partial charge in [-0.15, -0.1) is 0 Å². The monoisotopic (exact) mass is 810 g/mol. The second-order valence-electron chi connectivity index (χ2n) is 12.7. The van der Waals surface area contributed by atoms with Crippen molar-refractivity contribution in [3.63, 3.8) is 0 Å². The number of H-pyrrole nitrogens is 1. The second-order valence-corrected chi connectivity index (χ2v) is 17.6. The van der Waals surface area contributed by atoms with E-state index in [4.69, 9.17) is 9.84 Å². The number of pyridine rings is 1. The third-order valence-corrected chi connectivity index (χ3v) is 12.4. The number of aliphatic carboxylic acids is 1. The number of carboxylic acids is 1. The molecule has 0 amide bonds. The van der Waals surface area contributed by atoms with E-state index < -0.39 is 108 Å². The fourth-order valence-electron chi connectivity index (χ4n) is 6.44. The first-order chi connectivity index (χ1) is 25.7. The second kappa shape index (κ2) is 14.2. The Hall–Kier alpha value is -5.73. The highest BCUT2D eigenvalue weighted by atomic mass is 32.2. The number of hydrogen-bond donors (Lipinski definition) is 5. The molecule has 0 saturated carbocycles. The van der Waals surface area contributed by atoms with Gasteiger partial charge >= 0.3 is 11.9 Å². The average Bonchev–Trinajstić information content (AvgIpc) is 3.08. The molecule has 1 heterocycles. The summed E-state index contributed by atoms with van der Waals surface area (Å²) in [4.78, 5) is 52.5. The van der Waals surface area contributed by atoms with Gasteiger partial charge in [0.05, 0.1) is 33.1 Å². The van der Waals surface area contributed by atoms with Gasteiger partial charge < -0.3 is 20.1 Å². The summed E-state index contributed by atoms with van der Waals surface area (Å²) in [5, 5.41) is 11.2. The number of ether oxygens (including phenoxy) is 1. The highest BCUT2D eigenvalue weighted by Gasteiger charge is 2.37. The van der Waals surface area contributed by atoms with Crippen LogP contribution >= 0.6 is 0 Å². The zero-order valence-corrected chi connectivity index (χ0v) is 31.2. The molecule has 5 N–H and O–H groups in total. The van der Waals surface area contributed by atoms with Gasteiger partial charge in [0.1, 0.15) is 22.0 Å². The van der Waals surface area contributed by atoms with E-state index in [-0.39, 0.29) is 40.7 Å². The molecule has 16 nitrogen and oxygen atoms in total. The highest BCUT2D eigenvalue weighted by Crippen LogP contribution is 2.46.